The Morgan fingerprint density at radius 3 is 2.49 bits per heavy atom. The van der Waals surface area contributed by atoms with Gasteiger partial charge in [0.25, 0.3) is 11.8 Å². The molecule has 0 saturated heterocycles. The molecule has 2 aromatic carbocycles. The van der Waals surface area contributed by atoms with E-state index < -0.39 is 28.7 Å². The summed E-state index contributed by atoms with van der Waals surface area (Å²) in [6.07, 6.45) is -2.32. The summed E-state index contributed by atoms with van der Waals surface area (Å²) in [5.41, 5.74) is 4.79. The second-order valence-corrected chi connectivity index (χ2v) is 10.0. The van der Waals surface area contributed by atoms with E-state index in [9.17, 15) is 22.8 Å². The first-order valence-corrected chi connectivity index (χ1v) is 12.5. The second-order valence-electron chi connectivity index (χ2n) is 10.0. The molecule has 1 aliphatic heterocycles. The molecule has 0 fully saturated rings. The summed E-state index contributed by atoms with van der Waals surface area (Å²) >= 11 is 0. The quantitative estimate of drug-likeness (QED) is 0.413. The molecule has 1 aliphatic rings. The lowest BCUT2D eigenvalue weighted by molar-refractivity contribution is -0.138. The predicted octanol–water partition coefficient (Wildman–Crippen LogP) is 4.95. The van der Waals surface area contributed by atoms with Crippen LogP contribution in [0.25, 0.3) is 0 Å². The van der Waals surface area contributed by atoms with E-state index >= 15 is 0 Å². The molecule has 0 spiro atoms. The minimum atomic E-state index is -4.76. The lowest BCUT2D eigenvalue weighted by Crippen LogP contribution is -2.42. The number of aromatic nitrogens is 1. The van der Waals surface area contributed by atoms with Gasteiger partial charge in [-0.15, -0.1) is 0 Å². The average Bonchev–Trinajstić information content (AvgIpc) is 3.49. The summed E-state index contributed by atoms with van der Waals surface area (Å²) in [6.45, 7) is 3.90. The van der Waals surface area contributed by atoms with Crippen LogP contribution in [0.15, 0.2) is 70.4 Å². The molecule has 1 aromatic heterocycles. The van der Waals surface area contributed by atoms with Crippen LogP contribution in [0.3, 0.4) is 0 Å². The summed E-state index contributed by atoms with van der Waals surface area (Å²) in [5, 5.41) is 3.71. The number of halogens is 3. The Morgan fingerprint density at radius 2 is 1.87 bits per heavy atom. The Kier molecular flexibility index (Phi) is 7.80. The van der Waals surface area contributed by atoms with E-state index in [1.54, 1.807) is 0 Å². The number of benzene rings is 2. The summed E-state index contributed by atoms with van der Waals surface area (Å²) in [4.78, 5) is 34.0. The van der Waals surface area contributed by atoms with Crippen LogP contribution >= 0.6 is 0 Å². The monoisotopic (exact) mass is 541 g/mol. The maximum atomic E-state index is 13.8. The van der Waals surface area contributed by atoms with Crippen LogP contribution in [-0.4, -0.2) is 39.8 Å². The maximum absolute atomic E-state index is 13.8. The molecular formula is C28H30F3N5O3. The van der Waals surface area contributed by atoms with Gasteiger partial charge in [0.05, 0.1) is 24.2 Å². The fourth-order valence-corrected chi connectivity index (χ4v) is 4.63. The van der Waals surface area contributed by atoms with Crippen molar-refractivity contribution in [3.8, 4) is 0 Å². The molecule has 206 valence electrons. The third-order valence-corrected chi connectivity index (χ3v) is 6.71. The van der Waals surface area contributed by atoms with Crippen molar-refractivity contribution in [2.45, 2.75) is 51.5 Å². The zero-order valence-electron chi connectivity index (χ0n) is 21.9. The number of aliphatic imine (C=N–C) groups is 1. The molecule has 0 radical (unpaired) electrons. The molecule has 4 rings (SSSR count). The van der Waals surface area contributed by atoms with Gasteiger partial charge in [-0.2, -0.15) is 13.2 Å². The smallest absolute Gasteiger partial charge is 0.369 e. The van der Waals surface area contributed by atoms with Crippen molar-refractivity contribution in [1.82, 2.24) is 15.0 Å². The fraction of sp³-hybridized carbons (Fsp3) is 0.357. The third-order valence-electron chi connectivity index (χ3n) is 6.71. The topological polar surface area (TPSA) is 105 Å². The van der Waals surface area contributed by atoms with Crippen LogP contribution in [0.1, 0.15) is 59.4 Å². The van der Waals surface area contributed by atoms with E-state index in [2.05, 4.69) is 10.1 Å². The molecule has 3 aromatic rings. The van der Waals surface area contributed by atoms with Crippen molar-refractivity contribution in [3.05, 3.63) is 88.8 Å². The largest absolute Gasteiger partial charge is 0.417 e. The van der Waals surface area contributed by atoms with Gasteiger partial charge in [-0.1, -0.05) is 55.4 Å². The molecule has 11 heteroatoms. The van der Waals surface area contributed by atoms with E-state index in [1.165, 1.54) is 30.3 Å². The van der Waals surface area contributed by atoms with Crippen LogP contribution in [-0.2, 0) is 29.6 Å². The first kappa shape index (κ1) is 27.9. The van der Waals surface area contributed by atoms with E-state index in [0.29, 0.717) is 35.6 Å². The molecule has 2 amide bonds. The van der Waals surface area contributed by atoms with Crippen molar-refractivity contribution >= 4 is 17.8 Å². The van der Waals surface area contributed by atoms with Crippen molar-refractivity contribution in [1.29, 1.82) is 0 Å². The van der Waals surface area contributed by atoms with Gasteiger partial charge in [-0.05, 0) is 42.0 Å². The van der Waals surface area contributed by atoms with Crippen LogP contribution in [0.2, 0.25) is 0 Å². The lowest BCUT2D eigenvalue weighted by atomic mass is 9.83. The molecule has 0 saturated carbocycles. The minimum absolute atomic E-state index is 0.0245. The van der Waals surface area contributed by atoms with Gasteiger partial charge in [-0.3, -0.25) is 14.5 Å². The van der Waals surface area contributed by atoms with Gasteiger partial charge in [0.1, 0.15) is 12.0 Å². The summed E-state index contributed by atoms with van der Waals surface area (Å²) in [5.74, 6) is -0.926. The number of hydrogen-bond donors (Lipinski definition) is 1. The molecule has 39 heavy (non-hydrogen) atoms. The van der Waals surface area contributed by atoms with Gasteiger partial charge in [-0.25, -0.2) is 4.99 Å². The van der Waals surface area contributed by atoms with Crippen molar-refractivity contribution < 1.29 is 27.3 Å². The number of rotatable bonds is 9. The van der Waals surface area contributed by atoms with Crippen molar-refractivity contribution in [2.75, 3.05) is 7.05 Å². The highest BCUT2D eigenvalue weighted by molar-refractivity contribution is 6.07. The van der Waals surface area contributed by atoms with E-state index in [0.717, 1.165) is 17.0 Å². The average molecular weight is 542 g/mol. The molecule has 2 N–H and O–H groups in total. The van der Waals surface area contributed by atoms with E-state index in [1.807, 2.05) is 44.2 Å². The van der Waals surface area contributed by atoms with Crippen molar-refractivity contribution in [2.24, 2.45) is 16.6 Å². The number of guanidine groups is 1. The van der Waals surface area contributed by atoms with Gasteiger partial charge >= 0.3 is 6.18 Å². The summed E-state index contributed by atoms with van der Waals surface area (Å²) < 4.78 is 46.3. The molecular weight excluding hydrogens is 511 g/mol. The van der Waals surface area contributed by atoms with Gasteiger partial charge in [0.15, 0.2) is 11.5 Å². The predicted molar refractivity (Wildman–Crippen MR) is 138 cm³/mol. The Hall–Kier alpha value is -4.15. The Bertz CT molecular complexity index is 1360. The minimum Gasteiger partial charge on any atom is -0.369 e. The highest BCUT2D eigenvalue weighted by Gasteiger charge is 2.48. The van der Waals surface area contributed by atoms with Crippen molar-refractivity contribution in [3.63, 3.8) is 0 Å². The Morgan fingerprint density at radius 1 is 1.15 bits per heavy atom. The SMILES string of the molecule is CC(C)CCC1(c2ccccc2)N=C(N)N(Cc2ccc(C(F)(F)F)c(C(=O)N(C)Cc3ccon3)c2)C1=O. The number of nitrogens with two attached hydrogens (primary N) is 1. The number of carbonyl (C=O) groups is 2. The van der Waals surface area contributed by atoms with Gasteiger partial charge in [0, 0.05) is 13.1 Å². The molecule has 1 atom stereocenters. The highest BCUT2D eigenvalue weighted by atomic mass is 19.4. The van der Waals surface area contributed by atoms with E-state index in [-0.39, 0.29) is 25.0 Å². The first-order valence-electron chi connectivity index (χ1n) is 12.5. The third kappa shape index (κ3) is 5.81. The Balaban J connectivity index is 1.66. The highest BCUT2D eigenvalue weighted by Crippen LogP contribution is 2.39. The molecule has 0 aliphatic carbocycles. The maximum Gasteiger partial charge on any atom is 0.417 e. The zero-order chi connectivity index (χ0) is 28.4. The summed E-state index contributed by atoms with van der Waals surface area (Å²) in [7, 11) is 1.38. The number of alkyl halides is 3. The molecule has 2 heterocycles. The summed E-state index contributed by atoms with van der Waals surface area (Å²) in [6, 6.07) is 13.9. The molecule has 0 bridgehead atoms. The van der Waals surface area contributed by atoms with Gasteiger partial charge < -0.3 is 15.2 Å². The number of carbonyl (C=O) groups excluding carboxylic acids is 2. The number of amides is 2. The zero-order valence-corrected chi connectivity index (χ0v) is 21.9. The van der Waals surface area contributed by atoms with Gasteiger partial charge in [0.2, 0.25) is 0 Å². The molecule has 1 unspecified atom stereocenters. The standard InChI is InChI=1S/C28H30F3N5O3/c1-18(2)11-13-27(20-7-5-4-6-8-20)25(38)36(26(32)33-27)16-19-9-10-23(28(29,30)31)22(15-19)24(37)35(3)17-21-12-14-39-34-21/h4-10,12,14-15,18H,11,13,16-17H2,1-3H3,(H2,32,33). The van der Waals surface area contributed by atoms with E-state index in [4.69, 9.17) is 10.3 Å². The van der Waals surface area contributed by atoms with Crippen LogP contribution < -0.4 is 5.73 Å². The van der Waals surface area contributed by atoms with Crippen LogP contribution in [0.4, 0.5) is 13.2 Å². The Labute approximate surface area is 224 Å². The number of nitrogens with zero attached hydrogens (tertiary/aromatic N) is 4. The van der Waals surface area contributed by atoms with Crippen LogP contribution in [0, 0.1) is 5.92 Å². The number of hydrogen-bond acceptors (Lipinski definition) is 6. The second kappa shape index (κ2) is 10.9. The molecule has 8 nitrogen and oxygen atoms in total. The first-order chi connectivity index (χ1) is 18.4. The van der Waals surface area contributed by atoms with Crippen LogP contribution in [0.5, 0.6) is 0 Å². The fourth-order valence-electron chi connectivity index (χ4n) is 4.63. The lowest BCUT2D eigenvalue weighted by Gasteiger charge is -2.27. The normalized spacial score (nSPS) is 17.6.